The summed E-state index contributed by atoms with van der Waals surface area (Å²) in [6.45, 7) is 7.79. The Bertz CT molecular complexity index is 1670. The predicted octanol–water partition coefficient (Wildman–Crippen LogP) is 7.31. The largest absolute Gasteiger partial charge is 0.497 e. The number of Topliss-reactive ketones (excluding diaryl/α,β-unsaturated/α-hetero) is 2. The van der Waals surface area contributed by atoms with Crippen LogP contribution in [0.25, 0.3) is 10.9 Å². The van der Waals surface area contributed by atoms with Gasteiger partial charge in [0.1, 0.15) is 17.1 Å². The van der Waals surface area contributed by atoms with Gasteiger partial charge in [0.2, 0.25) is 5.91 Å². The smallest absolute Gasteiger partial charge is 0.418 e. The molecule has 2 aromatic carbocycles. The summed E-state index contributed by atoms with van der Waals surface area (Å²) in [4.78, 5) is 45.3. The van der Waals surface area contributed by atoms with Gasteiger partial charge in [-0.1, -0.05) is 77.0 Å². The first-order valence-electron chi connectivity index (χ1n) is 16.6. The molecule has 2 unspecified atom stereocenters. The van der Waals surface area contributed by atoms with Crippen LogP contribution in [0.5, 0.6) is 5.75 Å². The molecule has 0 spiro atoms. The maximum atomic E-state index is 14.5. The first-order valence-corrected chi connectivity index (χ1v) is 17.0. The number of carbonyl (C=O) groups is 3. The topological polar surface area (TPSA) is 114 Å². The van der Waals surface area contributed by atoms with E-state index in [1.165, 1.54) is 6.07 Å². The van der Waals surface area contributed by atoms with Crippen molar-refractivity contribution in [2.45, 2.75) is 90.8 Å². The Morgan fingerprint density at radius 2 is 1.71 bits per heavy atom. The van der Waals surface area contributed by atoms with E-state index in [1.54, 1.807) is 31.4 Å². The molecule has 0 aliphatic heterocycles. The minimum Gasteiger partial charge on any atom is -0.497 e. The number of aromatic amines is 1. The summed E-state index contributed by atoms with van der Waals surface area (Å²) in [5, 5.41) is 3.46. The molecule has 260 valence electrons. The molecule has 3 aromatic rings. The highest BCUT2D eigenvalue weighted by Crippen LogP contribution is 2.41. The average molecular weight is 686 g/mol. The number of carbonyl (C=O) groups excluding carboxylic acids is 3. The van der Waals surface area contributed by atoms with Crippen molar-refractivity contribution < 1.29 is 32.3 Å². The van der Waals surface area contributed by atoms with Gasteiger partial charge in [-0.3, -0.25) is 14.4 Å². The Labute approximate surface area is 285 Å². The van der Waals surface area contributed by atoms with E-state index in [-0.39, 0.29) is 72.4 Å². The molecule has 1 aromatic heterocycles. The van der Waals surface area contributed by atoms with Gasteiger partial charge in [-0.05, 0) is 54.0 Å². The number of methoxy groups -OCH3 is 1. The Morgan fingerprint density at radius 1 is 1.04 bits per heavy atom. The highest BCUT2D eigenvalue weighted by atomic mass is 32.1. The van der Waals surface area contributed by atoms with Crippen LogP contribution in [0.2, 0.25) is 0 Å². The summed E-state index contributed by atoms with van der Waals surface area (Å²) in [6, 6.07) is 11.2. The number of aromatic nitrogens is 1. The first-order chi connectivity index (χ1) is 22.6. The number of H-pyrrole nitrogens is 1. The van der Waals surface area contributed by atoms with Crippen LogP contribution < -0.4 is 15.8 Å². The van der Waals surface area contributed by atoms with E-state index in [0.29, 0.717) is 28.8 Å². The number of aryl methyl sites for hydroxylation is 1. The van der Waals surface area contributed by atoms with Crippen molar-refractivity contribution in [1.82, 2.24) is 10.3 Å². The number of fused-ring (bicyclic) bond motifs is 3. The molecular weight excluding hydrogens is 639 g/mol. The van der Waals surface area contributed by atoms with Crippen molar-refractivity contribution in [2.75, 3.05) is 7.11 Å². The van der Waals surface area contributed by atoms with Gasteiger partial charge < -0.3 is 20.8 Å². The zero-order valence-electron chi connectivity index (χ0n) is 28.3. The highest BCUT2D eigenvalue weighted by molar-refractivity contribution is 7.80. The molecule has 4 rings (SSSR count). The molecule has 0 radical (unpaired) electrons. The van der Waals surface area contributed by atoms with Crippen LogP contribution in [0, 0.1) is 23.7 Å². The second-order valence-electron chi connectivity index (χ2n) is 13.3. The van der Waals surface area contributed by atoms with Crippen LogP contribution in [0.3, 0.4) is 0 Å². The number of hydrogen-bond acceptors (Lipinski definition) is 5. The summed E-state index contributed by atoms with van der Waals surface area (Å²) in [6.07, 6.45) is -2.73. The fraction of sp³-hybridized carbons (Fsp3) is 0.514. The van der Waals surface area contributed by atoms with Gasteiger partial charge >= 0.3 is 6.18 Å². The number of ketones is 2. The summed E-state index contributed by atoms with van der Waals surface area (Å²) in [5.41, 5.74) is 5.80. The van der Waals surface area contributed by atoms with E-state index in [1.807, 2.05) is 33.8 Å². The molecule has 4 N–H and O–H groups in total. The lowest BCUT2D eigenvalue weighted by atomic mass is 9.72. The molecule has 1 aliphatic rings. The SMILES string of the molecule is CCC(C)[C@H](CC(=O)Cc1cccc(OC)c1)C(=O)N[C@]1(C(=O)C[C@H](C(N)=S)C(C)CC)CCc2[nH]c3c(C(F)(F)F)cccc3c2C1. The van der Waals surface area contributed by atoms with Crippen LogP contribution in [-0.2, 0) is 39.8 Å². The molecule has 0 saturated heterocycles. The quantitative estimate of drug-likeness (QED) is 0.145. The minimum absolute atomic E-state index is 0.00267. The van der Waals surface area contributed by atoms with Crippen molar-refractivity contribution in [3.05, 3.63) is 64.8 Å². The van der Waals surface area contributed by atoms with Crippen molar-refractivity contribution in [3.8, 4) is 5.75 Å². The number of benzene rings is 2. The van der Waals surface area contributed by atoms with Crippen molar-refractivity contribution in [1.29, 1.82) is 0 Å². The van der Waals surface area contributed by atoms with Crippen LogP contribution >= 0.6 is 12.2 Å². The Morgan fingerprint density at radius 3 is 2.33 bits per heavy atom. The van der Waals surface area contributed by atoms with Crippen LogP contribution in [0.4, 0.5) is 13.2 Å². The minimum atomic E-state index is -4.57. The van der Waals surface area contributed by atoms with Crippen molar-refractivity contribution >= 4 is 45.6 Å². The Kier molecular flexibility index (Phi) is 11.8. The van der Waals surface area contributed by atoms with Crippen molar-refractivity contribution in [3.63, 3.8) is 0 Å². The molecule has 1 amide bonds. The van der Waals surface area contributed by atoms with Crippen LogP contribution in [-0.4, -0.2) is 40.1 Å². The number of halogens is 3. The number of nitrogens with two attached hydrogens (primary N) is 1. The first kappa shape index (κ1) is 37.1. The molecule has 0 saturated carbocycles. The number of thiocarbonyl (C=S) groups is 1. The van der Waals surface area contributed by atoms with Crippen LogP contribution in [0.15, 0.2) is 42.5 Å². The number of nitrogens with one attached hydrogen (secondary N) is 2. The fourth-order valence-corrected chi connectivity index (χ4v) is 7.19. The summed E-state index contributed by atoms with van der Waals surface area (Å²) < 4.78 is 47.1. The molecule has 1 heterocycles. The molecule has 5 atom stereocenters. The van der Waals surface area contributed by atoms with E-state index in [0.717, 1.165) is 18.1 Å². The van der Waals surface area contributed by atoms with Gasteiger partial charge in [0.05, 0.1) is 23.2 Å². The van der Waals surface area contributed by atoms with E-state index < -0.39 is 35.0 Å². The van der Waals surface area contributed by atoms with Gasteiger partial charge in [0, 0.05) is 48.6 Å². The lowest BCUT2D eigenvalue weighted by molar-refractivity contribution is -0.137. The molecule has 0 fully saturated rings. The summed E-state index contributed by atoms with van der Waals surface area (Å²) >= 11 is 5.35. The van der Waals surface area contributed by atoms with Gasteiger partial charge in [-0.25, -0.2) is 0 Å². The molecule has 7 nitrogen and oxygen atoms in total. The third kappa shape index (κ3) is 8.10. The molecule has 1 aliphatic carbocycles. The molecular formula is C37H46F3N3O4S. The second kappa shape index (κ2) is 15.2. The standard InChI is InChI=1S/C37H46F3N3O4S/c1-6-21(3)27(34(41)48)19-32(45)36(15-14-31-29(20-36)26-12-9-13-30(33(26)42-31)37(38,39)40)43-35(46)28(22(4)7-2)18-24(44)16-23-10-8-11-25(17-23)47-5/h8-13,17,21-22,27-28,42H,6-7,14-16,18-20H2,1-5H3,(H2,41,48)(H,43,46)/t21?,22?,27-,28-,36+/m0/s1. The molecule has 11 heteroatoms. The third-order valence-electron chi connectivity index (χ3n) is 10.3. The summed E-state index contributed by atoms with van der Waals surface area (Å²) in [7, 11) is 1.55. The number of amides is 1. The monoisotopic (exact) mass is 685 g/mol. The second-order valence-corrected chi connectivity index (χ2v) is 13.8. The summed E-state index contributed by atoms with van der Waals surface area (Å²) in [5.74, 6) is -1.52. The molecule has 48 heavy (non-hydrogen) atoms. The number of ether oxygens (including phenoxy) is 1. The lowest BCUT2D eigenvalue weighted by Gasteiger charge is -2.39. The number of hydrogen-bond donors (Lipinski definition) is 3. The number of para-hydroxylation sites is 1. The Hall–Kier alpha value is -3.73. The van der Waals surface area contributed by atoms with Crippen molar-refractivity contribution in [2.24, 2.45) is 29.4 Å². The zero-order valence-corrected chi connectivity index (χ0v) is 29.1. The highest BCUT2D eigenvalue weighted by Gasteiger charge is 2.46. The van der Waals surface area contributed by atoms with Crippen LogP contribution in [0.1, 0.15) is 82.2 Å². The zero-order chi connectivity index (χ0) is 35.4. The maximum absolute atomic E-state index is 14.5. The van der Waals surface area contributed by atoms with Gasteiger partial charge in [-0.2, -0.15) is 13.2 Å². The fourth-order valence-electron chi connectivity index (χ4n) is 6.88. The van der Waals surface area contributed by atoms with E-state index >= 15 is 0 Å². The maximum Gasteiger partial charge on any atom is 0.418 e. The van der Waals surface area contributed by atoms with Gasteiger partial charge in [-0.15, -0.1) is 0 Å². The van der Waals surface area contributed by atoms with E-state index in [2.05, 4.69) is 10.3 Å². The molecule has 0 bridgehead atoms. The average Bonchev–Trinajstić information content (AvgIpc) is 3.42. The van der Waals surface area contributed by atoms with Gasteiger partial charge in [0.25, 0.3) is 0 Å². The normalized spacial score (nSPS) is 18.8. The number of rotatable bonds is 15. The predicted molar refractivity (Wildman–Crippen MR) is 185 cm³/mol. The third-order valence-corrected chi connectivity index (χ3v) is 10.6. The number of alkyl halides is 3. The van der Waals surface area contributed by atoms with E-state index in [4.69, 9.17) is 22.7 Å². The van der Waals surface area contributed by atoms with Gasteiger partial charge in [0.15, 0.2) is 5.78 Å². The van der Waals surface area contributed by atoms with E-state index in [9.17, 15) is 27.6 Å². The Balaban J connectivity index is 1.71. The lowest BCUT2D eigenvalue weighted by Crippen LogP contribution is -2.60.